The molecule has 0 amide bonds. The summed E-state index contributed by atoms with van der Waals surface area (Å²) in [5.41, 5.74) is 0.333. The van der Waals surface area contributed by atoms with Crippen LogP contribution >= 0.6 is 0 Å². The van der Waals surface area contributed by atoms with Gasteiger partial charge in [0.25, 0.3) is 0 Å². The van der Waals surface area contributed by atoms with Gasteiger partial charge in [0.1, 0.15) is 5.75 Å². The van der Waals surface area contributed by atoms with Crippen molar-refractivity contribution < 1.29 is 28.9 Å². The van der Waals surface area contributed by atoms with Crippen molar-refractivity contribution in [2.45, 2.75) is 84.7 Å². The van der Waals surface area contributed by atoms with Gasteiger partial charge in [-0.3, -0.25) is 0 Å². The molecule has 1 atom stereocenters. The standard InChI is InChI=1S/C31H46O6/c1-7-8-9-10-24-13-17-28(18-14-24)35-19-25-11-15-26(16-12-25)27(20-36-29(32)22(2)3)21-37-30(33)23(4)31(5,6)34/h13-14,17-18,25-27,34H,2,4,7-12,15-16,19-21H2,1,3,5-6H3. The molecule has 1 aliphatic rings. The Morgan fingerprint density at radius 3 is 2.14 bits per heavy atom. The Morgan fingerprint density at radius 2 is 1.59 bits per heavy atom. The van der Waals surface area contributed by atoms with Gasteiger partial charge in [-0.2, -0.15) is 0 Å². The van der Waals surface area contributed by atoms with Crippen LogP contribution in [0, 0.1) is 17.8 Å². The van der Waals surface area contributed by atoms with Crippen molar-refractivity contribution >= 4 is 11.9 Å². The molecular formula is C31H46O6. The first-order valence-electron chi connectivity index (χ1n) is 13.6. The van der Waals surface area contributed by atoms with Crippen molar-refractivity contribution in [2.24, 2.45) is 17.8 Å². The minimum atomic E-state index is -1.35. The summed E-state index contributed by atoms with van der Waals surface area (Å²) in [7, 11) is 0. The Hall–Kier alpha value is -2.60. The molecule has 0 heterocycles. The van der Waals surface area contributed by atoms with E-state index in [-0.39, 0.29) is 30.6 Å². The normalized spacial score (nSPS) is 18.5. The highest BCUT2D eigenvalue weighted by Crippen LogP contribution is 2.35. The molecule has 1 aliphatic carbocycles. The van der Waals surface area contributed by atoms with Crippen molar-refractivity contribution in [3.8, 4) is 5.75 Å². The number of unbranched alkanes of at least 4 members (excludes halogenated alkanes) is 2. The van der Waals surface area contributed by atoms with Crippen LogP contribution in [0.15, 0.2) is 48.6 Å². The van der Waals surface area contributed by atoms with E-state index >= 15 is 0 Å². The zero-order valence-electron chi connectivity index (χ0n) is 23.2. The molecule has 1 aromatic rings. The summed E-state index contributed by atoms with van der Waals surface area (Å²) in [6, 6.07) is 8.45. The molecule has 1 fully saturated rings. The van der Waals surface area contributed by atoms with Gasteiger partial charge in [0.05, 0.1) is 31.0 Å². The molecule has 1 N–H and O–H groups in total. The maximum absolute atomic E-state index is 12.4. The third-order valence-electron chi connectivity index (χ3n) is 7.23. The molecule has 0 aliphatic heterocycles. The molecule has 206 valence electrons. The molecule has 6 heteroatoms. The summed E-state index contributed by atoms with van der Waals surface area (Å²) >= 11 is 0. The van der Waals surface area contributed by atoms with Gasteiger partial charge >= 0.3 is 11.9 Å². The zero-order valence-corrected chi connectivity index (χ0v) is 23.2. The number of aryl methyl sites for hydroxylation is 1. The van der Waals surface area contributed by atoms with Crippen molar-refractivity contribution in [3.05, 3.63) is 54.1 Å². The van der Waals surface area contributed by atoms with Gasteiger partial charge in [-0.05, 0) is 88.8 Å². The van der Waals surface area contributed by atoms with Crippen LogP contribution in [0.4, 0.5) is 0 Å². The molecular weight excluding hydrogens is 468 g/mol. The Morgan fingerprint density at radius 1 is 1.00 bits per heavy atom. The summed E-state index contributed by atoms with van der Waals surface area (Å²) in [6.45, 7) is 15.0. The van der Waals surface area contributed by atoms with E-state index < -0.39 is 17.5 Å². The molecule has 1 saturated carbocycles. The molecule has 0 bridgehead atoms. The second-order valence-electron chi connectivity index (χ2n) is 11.0. The fourth-order valence-electron chi connectivity index (χ4n) is 4.52. The highest BCUT2D eigenvalue weighted by molar-refractivity contribution is 5.89. The summed E-state index contributed by atoms with van der Waals surface area (Å²) in [5.74, 6) is 0.392. The average Bonchev–Trinajstić information content (AvgIpc) is 2.87. The van der Waals surface area contributed by atoms with Crippen molar-refractivity contribution in [1.82, 2.24) is 0 Å². The van der Waals surface area contributed by atoms with Gasteiger partial charge in [-0.1, -0.05) is 45.1 Å². The topological polar surface area (TPSA) is 82.1 Å². The fourth-order valence-corrected chi connectivity index (χ4v) is 4.52. The monoisotopic (exact) mass is 514 g/mol. The molecule has 0 radical (unpaired) electrons. The first-order chi connectivity index (χ1) is 17.5. The van der Waals surface area contributed by atoms with Gasteiger partial charge < -0.3 is 19.3 Å². The fraction of sp³-hybridized carbons (Fsp3) is 0.613. The number of rotatable bonds is 15. The van der Waals surface area contributed by atoms with Crippen molar-refractivity contribution in [3.63, 3.8) is 0 Å². The smallest absolute Gasteiger partial charge is 0.336 e. The third kappa shape index (κ3) is 10.7. The Balaban J connectivity index is 1.86. The number of hydrogen-bond donors (Lipinski definition) is 1. The minimum Gasteiger partial charge on any atom is -0.493 e. The first-order valence-corrected chi connectivity index (χ1v) is 13.6. The molecule has 2 rings (SSSR count). The predicted octanol–water partition coefficient (Wildman–Crippen LogP) is 6.21. The van der Waals surface area contributed by atoms with Crippen LogP contribution in [0.2, 0.25) is 0 Å². The van der Waals surface area contributed by atoms with Gasteiger partial charge in [0.2, 0.25) is 0 Å². The van der Waals surface area contributed by atoms with Crippen molar-refractivity contribution in [2.75, 3.05) is 19.8 Å². The summed E-state index contributed by atoms with van der Waals surface area (Å²) in [4.78, 5) is 24.3. The largest absolute Gasteiger partial charge is 0.493 e. The predicted molar refractivity (Wildman–Crippen MR) is 146 cm³/mol. The lowest BCUT2D eigenvalue weighted by atomic mass is 9.76. The number of benzene rings is 1. The van der Waals surface area contributed by atoms with Crippen LogP contribution in [-0.2, 0) is 25.5 Å². The summed E-state index contributed by atoms with van der Waals surface area (Å²) in [6.07, 6.45) is 8.68. The number of carbonyl (C=O) groups excluding carboxylic acids is 2. The maximum Gasteiger partial charge on any atom is 0.336 e. The quantitative estimate of drug-likeness (QED) is 0.170. The Kier molecular flexibility index (Phi) is 12.4. The van der Waals surface area contributed by atoms with Gasteiger partial charge in [-0.25, -0.2) is 9.59 Å². The van der Waals surface area contributed by atoms with E-state index in [1.54, 1.807) is 6.92 Å². The first kappa shape index (κ1) is 30.6. The average molecular weight is 515 g/mol. The summed E-state index contributed by atoms with van der Waals surface area (Å²) < 4.78 is 17.0. The van der Waals surface area contributed by atoms with Gasteiger partial charge in [-0.15, -0.1) is 0 Å². The minimum absolute atomic E-state index is 0.0000276. The summed E-state index contributed by atoms with van der Waals surface area (Å²) in [5, 5.41) is 10.0. The number of ether oxygens (including phenoxy) is 3. The molecule has 37 heavy (non-hydrogen) atoms. The Labute approximate surface area is 223 Å². The van der Waals surface area contributed by atoms with Gasteiger partial charge in [0.15, 0.2) is 0 Å². The SMILES string of the molecule is C=C(C)C(=O)OCC(COC(=O)C(=C)C(C)(C)O)C1CCC(COc2ccc(CCCCC)cc2)CC1. The lowest BCUT2D eigenvalue weighted by Crippen LogP contribution is -2.33. The highest BCUT2D eigenvalue weighted by atomic mass is 16.5. The van der Waals surface area contributed by atoms with E-state index in [1.165, 1.54) is 38.7 Å². The Bertz CT molecular complexity index is 887. The van der Waals surface area contributed by atoms with Crippen LogP contribution in [0.25, 0.3) is 0 Å². The lowest BCUT2D eigenvalue weighted by Gasteiger charge is -2.33. The highest BCUT2D eigenvalue weighted by Gasteiger charge is 2.31. The number of aliphatic hydroxyl groups is 1. The van der Waals surface area contributed by atoms with E-state index in [4.69, 9.17) is 14.2 Å². The number of hydrogen-bond acceptors (Lipinski definition) is 6. The van der Waals surface area contributed by atoms with Crippen LogP contribution in [0.5, 0.6) is 5.75 Å². The molecule has 0 saturated heterocycles. The molecule has 1 unspecified atom stereocenters. The number of carbonyl (C=O) groups is 2. The molecule has 1 aromatic carbocycles. The van der Waals surface area contributed by atoms with Crippen LogP contribution in [0.3, 0.4) is 0 Å². The second kappa shape index (κ2) is 15.0. The van der Waals surface area contributed by atoms with Crippen molar-refractivity contribution in [1.29, 1.82) is 0 Å². The molecule has 6 nitrogen and oxygen atoms in total. The van der Waals surface area contributed by atoms with Gasteiger partial charge in [0, 0.05) is 11.5 Å². The molecule has 0 spiro atoms. The van der Waals surface area contributed by atoms with E-state index in [2.05, 4.69) is 44.3 Å². The third-order valence-corrected chi connectivity index (χ3v) is 7.23. The zero-order chi connectivity index (χ0) is 27.4. The second-order valence-corrected chi connectivity index (χ2v) is 11.0. The van der Waals surface area contributed by atoms with E-state index in [0.717, 1.165) is 37.9 Å². The lowest BCUT2D eigenvalue weighted by molar-refractivity contribution is -0.147. The molecule has 0 aromatic heterocycles. The van der Waals surface area contributed by atoms with E-state index in [1.807, 2.05) is 0 Å². The maximum atomic E-state index is 12.4. The van der Waals surface area contributed by atoms with Crippen LogP contribution in [0.1, 0.15) is 78.2 Å². The van der Waals surface area contributed by atoms with E-state index in [9.17, 15) is 14.7 Å². The number of esters is 2. The van der Waals surface area contributed by atoms with E-state index in [0.29, 0.717) is 18.1 Å². The van der Waals surface area contributed by atoms with Crippen LogP contribution < -0.4 is 4.74 Å². The van der Waals surface area contributed by atoms with Crippen LogP contribution in [-0.4, -0.2) is 42.5 Å².